The molecule has 3 heterocycles. The fourth-order valence-corrected chi connectivity index (χ4v) is 6.00. The van der Waals surface area contributed by atoms with Crippen LogP contribution in [0.25, 0.3) is 11.1 Å². The molecule has 1 saturated heterocycles. The average molecular weight is 408 g/mol. The van der Waals surface area contributed by atoms with Gasteiger partial charge in [-0.15, -0.1) is 11.8 Å². The highest BCUT2D eigenvalue weighted by molar-refractivity contribution is 7.99. The molecule has 3 aliphatic rings. The molecule has 0 bridgehead atoms. The first-order valence-corrected chi connectivity index (χ1v) is 10.6. The summed E-state index contributed by atoms with van der Waals surface area (Å²) in [7, 11) is 0. The first-order chi connectivity index (χ1) is 13.4. The number of benzene rings is 2. The van der Waals surface area contributed by atoms with Crippen LogP contribution in [0, 0.1) is 5.82 Å². The van der Waals surface area contributed by atoms with Crippen molar-refractivity contribution < 1.29 is 17.6 Å². The SMILES string of the molecule is Fc1cccc(C(F)(F)F)c1-c1cc2c3c(c1)[C@@H]1CNCC[C@@H]1N3CCCS2. The third-order valence-corrected chi connectivity index (χ3v) is 7.16. The highest BCUT2D eigenvalue weighted by Gasteiger charge is 2.42. The molecule has 1 fully saturated rings. The van der Waals surface area contributed by atoms with Gasteiger partial charge in [0.05, 0.1) is 11.3 Å². The number of rotatable bonds is 1. The van der Waals surface area contributed by atoms with E-state index in [0.717, 1.165) is 72.6 Å². The van der Waals surface area contributed by atoms with Gasteiger partial charge in [-0.05, 0) is 60.5 Å². The monoisotopic (exact) mass is 408 g/mol. The van der Waals surface area contributed by atoms with Gasteiger partial charge in [-0.2, -0.15) is 13.2 Å². The number of nitrogens with one attached hydrogen (secondary N) is 1. The quantitative estimate of drug-likeness (QED) is 0.647. The third-order valence-electron chi connectivity index (χ3n) is 6.05. The van der Waals surface area contributed by atoms with Crippen molar-refractivity contribution in [2.24, 2.45) is 0 Å². The van der Waals surface area contributed by atoms with Crippen molar-refractivity contribution in [3.63, 3.8) is 0 Å². The summed E-state index contributed by atoms with van der Waals surface area (Å²) in [6.45, 7) is 2.73. The third kappa shape index (κ3) is 2.82. The predicted octanol–water partition coefficient (Wildman–Crippen LogP) is 5.27. The number of hydrogen-bond donors (Lipinski definition) is 1. The molecule has 2 aromatic carbocycles. The Bertz CT molecular complexity index is 927. The second kappa shape index (κ2) is 6.66. The molecule has 2 atom stereocenters. The summed E-state index contributed by atoms with van der Waals surface area (Å²) in [6, 6.07) is 7.16. The van der Waals surface area contributed by atoms with Gasteiger partial charge >= 0.3 is 6.18 Å². The zero-order valence-electron chi connectivity index (χ0n) is 15.2. The summed E-state index contributed by atoms with van der Waals surface area (Å²) in [4.78, 5) is 3.43. The van der Waals surface area contributed by atoms with E-state index in [0.29, 0.717) is 11.6 Å². The van der Waals surface area contributed by atoms with Crippen molar-refractivity contribution >= 4 is 17.4 Å². The van der Waals surface area contributed by atoms with Crippen LogP contribution in [0.1, 0.15) is 29.9 Å². The van der Waals surface area contributed by atoms with E-state index < -0.39 is 17.6 Å². The zero-order chi connectivity index (χ0) is 19.5. The number of thioether (sulfide) groups is 1. The van der Waals surface area contributed by atoms with Crippen molar-refractivity contribution in [1.29, 1.82) is 0 Å². The van der Waals surface area contributed by atoms with Gasteiger partial charge in [0.25, 0.3) is 0 Å². The second-order valence-electron chi connectivity index (χ2n) is 7.63. The normalized spacial score (nSPS) is 23.9. The lowest BCUT2D eigenvalue weighted by Crippen LogP contribution is -2.44. The van der Waals surface area contributed by atoms with Gasteiger partial charge in [0, 0.05) is 35.5 Å². The molecule has 2 aromatic rings. The van der Waals surface area contributed by atoms with Gasteiger partial charge in [-0.1, -0.05) is 6.07 Å². The Morgan fingerprint density at radius 2 is 2.04 bits per heavy atom. The van der Waals surface area contributed by atoms with Crippen LogP contribution in [-0.4, -0.2) is 31.4 Å². The van der Waals surface area contributed by atoms with Gasteiger partial charge < -0.3 is 10.2 Å². The summed E-state index contributed by atoms with van der Waals surface area (Å²) in [5, 5.41) is 3.42. The maximum atomic E-state index is 14.6. The highest BCUT2D eigenvalue weighted by atomic mass is 32.2. The van der Waals surface area contributed by atoms with Crippen LogP contribution < -0.4 is 10.2 Å². The molecule has 0 unspecified atom stereocenters. The number of halogens is 4. The Morgan fingerprint density at radius 1 is 1.18 bits per heavy atom. The van der Waals surface area contributed by atoms with Crippen LogP contribution in [-0.2, 0) is 6.18 Å². The summed E-state index contributed by atoms with van der Waals surface area (Å²) in [6.07, 6.45) is -2.54. The van der Waals surface area contributed by atoms with Crippen LogP contribution in [0.2, 0.25) is 0 Å². The predicted molar refractivity (Wildman–Crippen MR) is 104 cm³/mol. The summed E-state index contributed by atoms with van der Waals surface area (Å²) in [5.74, 6) is 0.335. The van der Waals surface area contributed by atoms with Crippen LogP contribution in [0.4, 0.5) is 23.2 Å². The average Bonchev–Trinajstić information content (AvgIpc) is 2.82. The molecule has 148 valence electrons. The Hall–Kier alpha value is -1.73. The van der Waals surface area contributed by atoms with Crippen LogP contribution >= 0.6 is 11.8 Å². The van der Waals surface area contributed by atoms with Crippen molar-refractivity contribution in [1.82, 2.24) is 5.32 Å². The van der Waals surface area contributed by atoms with Gasteiger partial charge in [-0.25, -0.2) is 4.39 Å². The lowest BCUT2D eigenvalue weighted by molar-refractivity contribution is -0.137. The second-order valence-corrected chi connectivity index (χ2v) is 8.77. The van der Waals surface area contributed by atoms with Crippen molar-refractivity contribution in [3.05, 3.63) is 47.3 Å². The lowest BCUT2D eigenvalue weighted by Gasteiger charge is -2.33. The maximum absolute atomic E-state index is 14.6. The van der Waals surface area contributed by atoms with Crippen molar-refractivity contribution in [2.75, 3.05) is 30.3 Å². The number of piperidine rings is 1. The molecule has 3 aliphatic heterocycles. The highest BCUT2D eigenvalue weighted by Crippen LogP contribution is 2.52. The molecule has 0 spiro atoms. The number of alkyl halides is 3. The molecular formula is C21H20F4N2S. The number of anilines is 1. The first kappa shape index (κ1) is 18.3. The fourth-order valence-electron chi connectivity index (χ4n) is 4.92. The van der Waals surface area contributed by atoms with Crippen molar-refractivity contribution in [2.45, 2.75) is 35.9 Å². The number of hydrogen-bond acceptors (Lipinski definition) is 3. The topological polar surface area (TPSA) is 15.3 Å². The molecule has 0 saturated carbocycles. The van der Waals surface area contributed by atoms with E-state index >= 15 is 0 Å². The van der Waals surface area contributed by atoms with E-state index in [1.165, 1.54) is 0 Å². The summed E-state index contributed by atoms with van der Waals surface area (Å²) >= 11 is 1.68. The number of fused-ring (bicyclic) bond motifs is 3. The minimum Gasteiger partial charge on any atom is -0.367 e. The van der Waals surface area contributed by atoms with E-state index in [4.69, 9.17) is 0 Å². The Balaban J connectivity index is 1.73. The molecule has 0 aromatic heterocycles. The van der Waals surface area contributed by atoms with Crippen LogP contribution in [0.15, 0.2) is 35.2 Å². The van der Waals surface area contributed by atoms with Crippen LogP contribution in [0.3, 0.4) is 0 Å². The lowest BCUT2D eigenvalue weighted by atomic mass is 9.88. The van der Waals surface area contributed by atoms with E-state index in [-0.39, 0.29) is 11.5 Å². The van der Waals surface area contributed by atoms with Crippen molar-refractivity contribution in [3.8, 4) is 11.1 Å². The minimum absolute atomic E-state index is 0.238. The van der Waals surface area contributed by atoms with Gasteiger partial charge in [-0.3, -0.25) is 0 Å². The Labute approximate surface area is 165 Å². The molecule has 2 nitrogen and oxygen atoms in total. The minimum atomic E-state index is -4.60. The molecule has 1 N–H and O–H groups in total. The van der Waals surface area contributed by atoms with Crippen LogP contribution in [0.5, 0.6) is 0 Å². The first-order valence-electron chi connectivity index (χ1n) is 9.59. The van der Waals surface area contributed by atoms with Gasteiger partial charge in [0.2, 0.25) is 0 Å². The molecule has 0 aliphatic carbocycles. The molecular weight excluding hydrogens is 388 g/mol. The molecule has 0 amide bonds. The smallest absolute Gasteiger partial charge is 0.367 e. The Kier molecular flexibility index (Phi) is 4.36. The summed E-state index contributed by atoms with van der Waals surface area (Å²) < 4.78 is 55.4. The van der Waals surface area contributed by atoms with E-state index in [1.807, 2.05) is 6.07 Å². The molecule has 28 heavy (non-hydrogen) atoms. The molecule has 5 rings (SSSR count). The molecule has 0 radical (unpaired) electrons. The summed E-state index contributed by atoms with van der Waals surface area (Å²) in [5.41, 5.74) is 1.31. The van der Waals surface area contributed by atoms with Gasteiger partial charge in [0.15, 0.2) is 0 Å². The van der Waals surface area contributed by atoms with E-state index in [9.17, 15) is 17.6 Å². The number of nitrogens with zero attached hydrogens (tertiary/aromatic N) is 1. The zero-order valence-corrected chi connectivity index (χ0v) is 16.0. The largest absolute Gasteiger partial charge is 0.417 e. The molecule has 7 heteroatoms. The maximum Gasteiger partial charge on any atom is 0.417 e. The van der Waals surface area contributed by atoms with E-state index in [1.54, 1.807) is 17.8 Å². The Morgan fingerprint density at radius 3 is 2.86 bits per heavy atom. The fraction of sp³-hybridized carbons (Fsp3) is 0.429. The standard InChI is InChI=1S/C21H20F4N2S/c22-16-4-1-3-15(21(23,24)25)19(16)12-9-13-14-11-26-6-5-17(14)27-7-2-8-28-18(10-12)20(13)27/h1,3-4,9-10,14,17,26H,2,5-8,11H2/t14-,17-/m0/s1. The van der Waals surface area contributed by atoms with Gasteiger partial charge in [0.1, 0.15) is 5.82 Å². The van der Waals surface area contributed by atoms with E-state index in [2.05, 4.69) is 10.2 Å².